The van der Waals surface area contributed by atoms with Crippen LogP contribution in [0.15, 0.2) is 36.8 Å². The third kappa shape index (κ3) is 2.28. The van der Waals surface area contributed by atoms with Crippen molar-refractivity contribution in [3.8, 4) is 0 Å². The lowest BCUT2D eigenvalue weighted by atomic mass is 10.2. The molecule has 76 valence electrons. The summed E-state index contributed by atoms with van der Waals surface area (Å²) in [6.45, 7) is 0.584. The van der Waals surface area contributed by atoms with E-state index in [0.29, 0.717) is 18.5 Å². The van der Waals surface area contributed by atoms with Gasteiger partial charge in [0.05, 0.1) is 6.33 Å². The molecule has 0 spiro atoms. The maximum atomic E-state index is 12.6. The zero-order valence-corrected chi connectivity index (χ0v) is 7.93. The largest absolute Gasteiger partial charge is 0.332 e. The molecule has 0 saturated heterocycles. The van der Waals surface area contributed by atoms with Crippen LogP contribution in [-0.4, -0.2) is 15.8 Å². The van der Waals surface area contributed by atoms with Crippen LogP contribution in [-0.2, 0) is 6.54 Å². The predicted molar refractivity (Wildman–Crippen MR) is 53.1 cm³/mol. The number of carbonyl (C=O) groups is 1. The number of benzene rings is 1. The molecule has 2 aromatic rings. The number of hydrogen-bond donors (Lipinski definition) is 0. The fraction of sp³-hybridized carbons (Fsp3) is 0.0909. The molecule has 3 nitrogen and oxygen atoms in total. The van der Waals surface area contributed by atoms with Crippen molar-refractivity contribution in [1.29, 1.82) is 0 Å². The number of halogens is 1. The van der Waals surface area contributed by atoms with Crippen LogP contribution in [0.25, 0.3) is 0 Å². The standard InChI is InChI=1S/C11H9FN2O/c12-10-3-1-9(2-4-10)5-14-6-11(7-15)13-8-14/h1-4,6-8H,5H2. The van der Waals surface area contributed by atoms with Crippen LogP contribution in [0.4, 0.5) is 4.39 Å². The topological polar surface area (TPSA) is 34.9 Å². The van der Waals surface area contributed by atoms with Gasteiger partial charge in [-0.05, 0) is 17.7 Å². The van der Waals surface area contributed by atoms with Gasteiger partial charge in [0, 0.05) is 12.7 Å². The van der Waals surface area contributed by atoms with Gasteiger partial charge < -0.3 is 4.57 Å². The van der Waals surface area contributed by atoms with Crippen LogP contribution in [0.2, 0.25) is 0 Å². The molecule has 0 aliphatic carbocycles. The molecule has 1 aromatic heterocycles. The minimum Gasteiger partial charge on any atom is -0.332 e. The average Bonchev–Trinajstić information content (AvgIpc) is 2.69. The van der Waals surface area contributed by atoms with Crippen molar-refractivity contribution >= 4 is 6.29 Å². The van der Waals surface area contributed by atoms with E-state index in [-0.39, 0.29) is 5.82 Å². The normalized spacial score (nSPS) is 10.2. The summed E-state index contributed by atoms with van der Waals surface area (Å²) < 4.78 is 14.4. The average molecular weight is 204 g/mol. The fourth-order valence-electron chi connectivity index (χ4n) is 1.33. The molecule has 0 saturated carbocycles. The molecule has 1 aromatic carbocycles. The summed E-state index contributed by atoms with van der Waals surface area (Å²) in [6.07, 6.45) is 3.92. The molecule has 4 heteroatoms. The number of hydrogen-bond acceptors (Lipinski definition) is 2. The number of imidazole rings is 1. The van der Waals surface area contributed by atoms with Crippen LogP contribution < -0.4 is 0 Å². The molecule has 0 radical (unpaired) electrons. The molecule has 0 aliphatic rings. The van der Waals surface area contributed by atoms with Crippen LogP contribution in [0.5, 0.6) is 0 Å². The molecule has 15 heavy (non-hydrogen) atoms. The zero-order valence-electron chi connectivity index (χ0n) is 7.93. The first kappa shape index (κ1) is 9.58. The molecule has 0 aliphatic heterocycles. The Kier molecular flexibility index (Phi) is 2.58. The molecule has 0 fully saturated rings. The quantitative estimate of drug-likeness (QED) is 0.715. The van der Waals surface area contributed by atoms with Gasteiger partial charge in [-0.3, -0.25) is 4.79 Å². The first-order valence-corrected chi connectivity index (χ1v) is 4.49. The van der Waals surface area contributed by atoms with Gasteiger partial charge in [-0.2, -0.15) is 0 Å². The van der Waals surface area contributed by atoms with Gasteiger partial charge >= 0.3 is 0 Å². The maximum Gasteiger partial charge on any atom is 0.169 e. The lowest BCUT2D eigenvalue weighted by molar-refractivity contribution is 0.111. The van der Waals surface area contributed by atoms with Crippen molar-refractivity contribution < 1.29 is 9.18 Å². The Morgan fingerprint density at radius 2 is 2.07 bits per heavy atom. The molecule has 0 bridgehead atoms. The summed E-state index contributed by atoms with van der Waals surface area (Å²) in [4.78, 5) is 14.3. The highest BCUT2D eigenvalue weighted by molar-refractivity contribution is 5.70. The molecular weight excluding hydrogens is 195 g/mol. The van der Waals surface area contributed by atoms with Gasteiger partial charge in [-0.25, -0.2) is 9.37 Å². The van der Waals surface area contributed by atoms with Crippen LogP contribution >= 0.6 is 0 Å². The number of aldehydes is 1. The van der Waals surface area contributed by atoms with E-state index in [1.54, 1.807) is 29.2 Å². The van der Waals surface area contributed by atoms with E-state index in [9.17, 15) is 9.18 Å². The highest BCUT2D eigenvalue weighted by Gasteiger charge is 1.98. The van der Waals surface area contributed by atoms with Crippen LogP contribution in [0.3, 0.4) is 0 Å². The maximum absolute atomic E-state index is 12.6. The summed E-state index contributed by atoms with van der Waals surface area (Å²) in [5.74, 6) is -0.252. The highest BCUT2D eigenvalue weighted by Crippen LogP contribution is 2.05. The molecule has 0 unspecified atom stereocenters. The first-order valence-electron chi connectivity index (χ1n) is 4.49. The smallest absolute Gasteiger partial charge is 0.169 e. The second-order valence-corrected chi connectivity index (χ2v) is 3.22. The van der Waals surface area contributed by atoms with Crippen LogP contribution in [0, 0.1) is 5.82 Å². The van der Waals surface area contributed by atoms with E-state index in [1.807, 2.05) is 0 Å². The van der Waals surface area contributed by atoms with Crippen molar-refractivity contribution in [2.24, 2.45) is 0 Å². The second-order valence-electron chi connectivity index (χ2n) is 3.22. The van der Waals surface area contributed by atoms with Crippen molar-refractivity contribution in [3.63, 3.8) is 0 Å². The molecule has 0 atom stereocenters. The Bertz CT molecular complexity index is 462. The monoisotopic (exact) mass is 204 g/mol. The number of nitrogens with zero attached hydrogens (tertiary/aromatic N) is 2. The summed E-state index contributed by atoms with van der Waals surface area (Å²) in [5, 5.41) is 0. The number of rotatable bonds is 3. The third-order valence-corrected chi connectivity index (χ3v) is 2.05. The Hall–Kier alpha value is -1.97. The summed E-state index contributed by atoms with van der Waals surface area (Å²) in [7, 11) is 0. The third-order valence-electron chi connectivity index (χ3n) is 2.05. The van der Waals surface area contributed by atoms with Gasteiger partial charge in [0.15, 0.2) is 6.29 Å². The minimum absolute atomic E-state index is 0.252. The molecule has 2 rings (SSSR count). The van der Waals surface area contributed by atoms with Crippen molar-refractivity contribution in [2.45, 2.75) is 6.54 Å². The summed E-state index contributed by atoms with van der Waals surface area (Å²) >= 11 is 0. The van der Waals surface area contributed by atoms with E-state index >= 15 is 0 Å². The van der Waals surface area contributed by atoms with Gasteiger partial charge in [0.1, 0.15) is 11.5 Å². The Labute approximate surface area is 86.2 Å². The lowest BCUT2D eigenvalue weighted by Gasteiger charge is -2.01. The van der Waals surface area contributed by atoms with E-state index in [0.717, 1.165) is 5.56 Å². The van der Waals surface area contributed by atoms with Gasteiger partial charge in [0.25, 0.3) is 0 Å². The number of carbonyl (C=O) groups excluding carboxylic acids is 1. The Morgan fingerprint density at radius 1 is 1.33 bits per heavy atom. The zero-order chi connectivity index (χ0) is 10.7. The van der Waals surface area contributed by atoms with Crippen LogP contribution in [0.1, 0.15) is 16.1 Å². The molecule has 0 N–H and O–H groups in total. The van der Waals surface area contributed by atoms with Gasteiger partial charge in [-0.15, -0.1) is 0 Å². The Morgan fingerprint density at radius 3 is 2.67 bits per heavy atom. The van der Waals surface area contributed by atoms with E-state index < -0.39 is 0 Å². The minimum atomic E-state index is -0.252. The highest BCUT2D eigenvalue weighted by atomic mass is 19.1. The number of aromatic nitrogens is 2. The molecule has 0 amide bonds. The SMILES string of the molecule is O=Cc1cn(Cc2ccc(F)cc2)cn1. The van der Waals surface area contributed by atoms with E-state index in [4.69, 9.17) is 0 Å². The first-order chi connectivity index (χ1) is 7.28. The van der Waals surface area contributed by atoms with Crippen molar-refractivity contribution in [2.75, 3.05) is 0 Å². The van der Waals surface area contributed by atoms with E-state index in [1.165, 1.54) is 12.1 Å². The van der Waals surface area contributed by atoms with Gasteiger partial charge in [0.2, 0.25) is 0 Å². The van der Waals surface area contributed by atoms with Crippen molar-refractivity contribution in [1.82, 2.24) is 9.55 Å². The molecular formula is C11H9FN2O. The fourth-order valence-corrected chi connectivity index (χ4v) is 1.33. The summed E-state index contributed by atoms with van der Waals surface area (Å²) in [6, 6.07) is 6.23. The Balaban J connectivity index is 2.14. The van der Waals surface area contributed by atoms with E-state index in [2.05, 4.69) is 4.98 Å². The summed E-state index contributed by atoms with van der Waals surface area (Å²) in [5.41, 5.74) is 1.36. The second kappa shape index (κ2) is 4.04. The molecule has 1 heterocycles. The predicted octanol–water partition coefficient (Wildman–Crippen LogP) is 1.88. The van der Waals surface area contributed by atoms with Gasteiger partial charge in [-0.1, -0.05) is 12.1 Å². The van der Waals surface area contributed by atoms with Crippen molar-refractivity contribution in [3.05, 3.63) is 53.9 Å². The lowest BCUT2D eigenvalue weighted by Crippen LogP contribution is -1.96.